The first-order valence-corrected chi connectivity index (χ1v) is 12.8. The number of carbonyl (C=O) groups excluding carboxylic acids is 4. The second-order valence-electron chi connectivity index (χ2n) is 9.91. The fourth-order valence-corrected chi connectivity index (χ4v) is 3.69. The number of rotatable bonds is 16. The Kier molecular flexibility index (Phi) is 14.4. The number of unbranched alkanes of at least 4 members (excludes halogenated alkanes) is 1. The van der Waals surface area contributed by atoms with Gasteiger partial charge in [-0.2, -0.15) is 0 Å². The zero-order valence-corrected chi connectivity index (χ0v) is 22.2. The summed E-state index contributed by atoms with van der Waals surface area (Å²) in [5, 5.41) is 17.4. The molecule has 0 radical (unpaired) electrons. The van der Waals surface area contributed by atoms with Crippen molar-refractivity contribution < 1.29 is 29.0 Å². The summed E-state index contributed by atoms with van der Waals surface area (Å²) >= 11 is 0. The molecule has 1 rings (SSSR count). The van der Waals surface area contributed by atoms with Gasteiger partial charge in [0.05, 0.1) is 6.04 Å². The van der Waals surface area contributed by atoms with E-state index in [-0.39, 0.29) is 18.4 Å². The Bertz CT molecular complexity index is 828. The molecular formula is C27H43N3O6. The van der Waals surface area contributed by atoms with Crippen LogP contribution in [0.5, 0.6) is 0 Å². The van der Waals surface area contributed by atoms with Gasteiger partial charge in [-0.15, -0.1) is 0 Å². The van der Waals surface area contributed by atoms with E-state index in [9.17, 15) is 24.3 Å². The number of amides is 3. The predicted molar refractivity (Wildman–Crippen MR) is 138 cm³/mol. The monoisotopic (exact) mass is 505 g/mol. The summed E-state index contributed by atoms with van der Waals surface area (Å²) in [6, 6.07) is 6.59. The van der Waals surface area contributed by atoms with Crippen LogP contribution >= 0.6 is 0 Å². The lowest BCUT2D eigenvalue weighted by molar-refractivity contribution is -0.133. The van der Waals surface area contributed by atoms with E-state index in [4.69, 9.17) is 4.74 Å². The van der Waals surface area contributed by atoms with Crippen molar-refractivity contribution in [3.63, 3.8) is 0 Å². The first-order chi connectivity index (χ1) is 17.1. The van der Waals surface area contributed by atoms with Crippen LogP contribution < -0.4 is 16.0 Å². The lowest BCUT2D eigenvalue weighted by Crippen LogP contribution is -2.56. The van der Waals surface area contributed by atoms with Crippen molar-refractivity contribution in [3.05, 3.63) is 35.9 Å². The van der Waals surface area contributed by atoms with Crippen LogP contribution in [-0.2, 0) is 25.7 Å². The Morgan fingerprint density at radius 2 is 1.36 bits per heavy atom. The average Bonchev–Trinajstić information content (AvgIpc) is 2.83. The highest BCUT2D eigenvalue weighted by Crippen LogP contribution is 2.11. The minimum atomic E-state index is -0.898. The fraction of sp³-hybridized carbons (Fsp3) is 0.630. The van der Waals surface area contributed by atoms with Crippen molar-refractivity contribution in [2.45, 2.75) is 91.5 Å². The first kappa shape index (κ1) is 31.1. The maximum absolute atomic E-state index is 13.2. The van der Waals surface area contributed by atoms with Gasteiger partial charge in [-0.05, 0) is 36.7 Å². The van der Waals surface area contributed by atoms with E-state index in [1.54, 1.807) is 0 Å². The number of hydrogen-bond acceptors (Lipinski definition) is 6. The number of ether oxygens (including phenoxy) is 1. The Labute approximate surface area is 214 Å². The topological polar surface area (TPSA) is 134 Å². The Hall–Kier alpha value is -2.94. The van der Waals surface area contributed by atoms with Crippen LogP contribution in [0.1, 0.15) is 72.3 Å². The SMILES string of the molecule is CCCC[C@H](NC(=O)[C@H](CC(C)C)NC(=O)[C@H](CC(C)C)NC(=O)OCc1ccccc1)C(=O)CO. The second-order valence-corrected chi connectivity index (χ2v) is 9.91. The highest BCUT2D eigenvalue weighted by atomic mass is 16.5. The minimum Gasteiger partial charge on any atom is -0.445 e. The molecule has 3 amide bonds. The minimum absolute atomic E-state index is 0.0686. The number of alkyl carbamates (subject to hydrolysis) is 1. The molecule has 0 unspecified atom stereocenters. The summed E-state index contributed by atoms with van der Waals surface area (Å²) in [7, 11) is 0. The number of aliphatic hydroxyl groups is 1. The van der Waals surface area contributed by atoms with E-state index in [1.807, 2.05) is 65.0 Å². The van der Waals surface area contributed by atoms with E-state index in [0.29, 0.717) is 25.7 Å². The molecule has 9 heteroatoms. The van der Waals surface area contributed by atoms with E-state index in [1.165, 1.54) is 0 Å². The number of nitrogens with one attached hydrogen (secondary N) is 3. The zero-order valence-electron chi connectivity index (χ0n) is 22.2. The first-order valence-electron chi connectivity index (χ1n) is 12.8. The summed E-state index contributed by atoms with van der Waals surface area (Å²) in [5.74, 6) is -1.29. The van der Waals surface area contributed by atoms with Crippen molar-refractivity contribution in [1.29, 1.82) is 0 Å². The molecule has 0 aliphatic carbocycles. The molecule has 0 fully saturated rings. The predicted octanol–water partition coefficient (Wildman–Crippen LogP) is 3.09. The van der Waals surface area contributed by atoms with Gasteiger partial charge in [0.1, 0.15) is 25.3 Å². The smallest absolute Gasteiger partial charge is 0.408 e. The summed E-state index contributed by atoms with van der Waals surface area (Å²) in [6.07, 6.45) is 1.93. The molecule has 0 saturated heterocycles. The summed E-state index contributed by atoms with van der Waals surface area (Å²) in [6.45, 7) is 9.06. The molecule has 1 aromatic carbocycles. The molecule has 36 heavy (non-hydrogen) atoms. The quantitative estimate of drug-likeness (QED) is 0.273. The standard InChI is InChI=1S/C27H43N3O6/c1-6-7-13-21(24(32)16-31)28-25(33)22(14-18(2)3)29-26(34)23(15-19(4)5)30-27(35)36-17-20-11-9-8-10-12-20/h8-12,18-19,21-23,31H,6-7,13-17H2,1-5H3,(H,28,33)(H,29,34)(H,30,35)/t21-,22-,23-/m0/s1. The number of ketones is 1. The Morgan fingerprint density at radius 3 is 1.86 bits per heavy atom. The van der Waals surface area contributed by atoms with E-state index in [2.05, 4.69) is 16.0 Å². The zero-order chi connectivity index (χ0) is 27.1. The van der Waals surface area contributed by atoms with Gasteiger partial charge in [0, 0.05) is 0 Å². The largest absolute Gasteiger partial charge is 0.445 e. The van der Waals surface area contributed by atoms with E-state index in [0.717, 1.165) is 12.0 Å². The third-order valence-corrected chi connectivity index (χ3v) is 5.58. The van der Waals surface area contributed by atoms with Gasteiger partial charge in [0.15, 0.2) is 5.78 Å². The van der Waals surface area contributed by atoms with Crippen molar-refractivity contribution in [2.24, 2.45) is 11.8 Å². The molecule has 0 saturated carbocycles. The number of Topliss-reactive ketones (excluding diaryl/α,β-unsaturated/α-hetero) is 1. The van der Waals surface area contributed by atoms with Crippen LogP contribution in [0.4, 0.5) is 4.79 Å². The lowest BCUT2D eigenvalue weighted by atomic mass is 9.99. The Morgan fingerprint density at radius 1 is 0.833 bits per heavy atom. The van der Waals surface area contributed by atoms with Gasteiger partial charge in [0.25, 0.3) is 0 Å². The van der Waals surface area contributed by atoms with Crippen molar-refractivity contribution >= 4 is 23.7 Å². The van der Waals surface area contributed by atoms with Gasteiger partial charge in [0.2, 0.25) is 11.8 Å². The van der Waals surface area contributed by atoms with E-state index >= 15 is 0 Å². The molecule has 0 aliphatic heterocycles. The maximum Gasteiger partial charge on any atom is 0.408 e. The van der Waals surface area contributed by atoms with Gasteiger partial charge in [-0.1, -0.05) is 77.8 Å². The second kappa shape index (κ2) is 16.7. The molecule has 4 N–H and O–H groups in total. The molecule has 0 bridgehead atoms. The molecule has 0 heterocycles. The lowest BCUT2D eigenvalue weighted by Gasteiger charge is -2.26. The van der Waals surface area contributed by atoms with Crippen molar-refractivity contribution in [1.82, 2.24) is 16.0 Å². The number of benzene rings is 1. The fourth-order valence-electron chi connectivity index (χ4n) is 3.69. The number of aliphatic hydroxyl groups excluding tert-OH is 1. The van der Waals surface area contributed by atoms with Crippen LogP contribution in [0.25, 0.3) is 0 Å². The summed E-state index contributed by atoms with van der Waals surface area (Å²) in [4.78, 5) is 50.8. The molecule has 0 aliphatic rings. The van der Waals surface area contributed by atoms with Gasteiger partial charge < -0.3 is 25.8 Å². The van der Waals surface area contributed by atoms with Crippen LogP contribution in [0, 0.1) is 11.8 Å². The third kappa shape index (κ3) is 12.2. The van der Waals surface area contributed by atoms with Gasteiger partial charge in [-0.3, -0.25) is 14.4 Å². The maximum atomic E-state index is 13.2. The van der Waals surface area contributed by atoms with Crippen molar-refractivity contribution in [2.75, 3.05) is 6.61 Å². The van der Waals surface area contributed by atoms with Crippen LogP contribution in [0.2, 0.25) is 0 Å². The van der Waals surface area contributed by atoms with Crippen LogP contribution in [0.15, 0.2) is 30.3 Å². The van der Waals surface area contributed by atoms with E-state index < -0.39 is 48.4 Å². The van der Waals surface area contributed by atoms with Gasteiger partial charge >= 0.3 is 6.09 Å². The summed E-state index contributed by atoms with van der Waals surface area (Å²) in [5.41, 5.74) is 0.821. The third-order valence-electron chi connectivity index (χ3n) is 5.58. The molecule has 0 spiro atoms. The molecular weight excluding hydrogens is 462 g/mol. The highest BCUT2D eigenvalue weighted by molar-refractivity contribution is 5.94. The van der Waals surface area contributed by atoms with Crippen LogP contribution in [-0.4, -0.2) is 53.5 Å². The molecule has 0 aromatic heterocycles. The van der Waals surface area contributed by atoms with Gasteiger partial charge in [-0.25, -0.2) is 4.79 Å². The number of carbonyl (C=O) groups is 4. The Balaban J connectivity index is 2.89. The summed E-state index contributed by atoms with van der Waals surface area (Å²) < 4.78 is 5.27. The molecule has 202 valence electrons. The van der Waals surface area contributed by atoms with Crippen LogP contribution in [0.3, 0.4) is 0 Å². The molecule has 3 atom stereocenters. The normalized spacial score (nSPS) is 13.6. The highest BCUT2D eigenvalue weighted by Gasteiger charge is 2.30. The molecule has 9 nitrogen and oxygen atoms in total. The van der Waals surface area contributed by atoms with Crippen molar-refractivity contribution in [3.8, 4) is 0 Å². The molecule has 1 aromatic rings. The average molecular weight is 506 g/mol. The number of hydrogen-bond donors (Lipinski definition) is 4.